The van der Waals surface area contributed by atoms with Crippen LogP contribution in [0.1, 0.15) is 49.7 Å². The van der Waals surface area contributed by atoms with E-state index in [1.54, 1.807) is 9.15 Å². The van der Waals surface area contributed by atoms with Crippen LogP contribution in [0.4, 0.5) is 0 Å². The summed E-state index contributed by atoms with van der Waals surface area (Å²) in [5.74, 6) is 1.96. The van der Waals surface area contributed by atoms with Crippen molar-refractivity contribution < 1.29 is 0 Å². The van der Waals surface area contributed by atoms with E-state index in [-0.39, 0.29) is 5.92 Å². The van der Waals surface area contributed by atoms with Crippen LogP contribution in [0, 0.1) is 0 Å². The molecule has 4 heterocycles. The predicted octanol–water partition coefficient (Wildman–Crippen LogP) is 2.03. The second-order valence-corrected chi connectivity index (χ2v) is 6.29. The van der Waals surface area contributed by atoms with Crippen LogP contribution in [-0.4, -0.2) is 39.4 Å². The third kappa shape index (κ3) is 2.60. The van der Waals surface area contributed by atoms with E-state index in [0.717, 1.165) is 22.7 Å². The molecule has 8 heteroatoms. The van der Waals surface area contributed by atoms with Crippen molar-refractivity contribution >= 4 is 11.4 Å². The van der Waals surface area contributed by atoms with Gasteiger partial charge in [0.05, 0.1) is 5.69 Å². The van der Waals surface area contributed by atoms with E-state index in [1.165, 1.54) is 6.33 Å². The molecule has 0 aliphatic heterocycles. The van der Waals surface area contributed by atoms with E-state index in [9.17, 15) is 0 Å². The lowest BCUT2D eigenvalue weighted by molar-refractivity contribution is 0.653. The third-order valence-electron chi connectivity index (χ3n) is 4.09. The van der Waals surface area contributed by atoms with Gasteiger partial charge in [0.15, 0.2) is 11.5 Å². The van der Waals surface area contributed by atoms with Gasteiger partial charge in [0, 0.05) is 24.7 Å². The van der Waals surface area contributed by atoms with Crippen molar-refractivity contribution in [2.45, 2.75) is 39.0 Å². The first-order valence-electron chi connectivity index (χ1n) is 7.98. The Hall–Kier alpha value is -2.90. The van der Waals surface area contributed by atoms with E-state index < -0.39 is 0 Å². The van der Waals surface area contributed by atoms with E-state index >= 15 is 0 Å². The van der Waals surface area contributed by atoms with Crippen LogP contribution in [0.15, 0.2) is 30.9 Å². The maximum atomic E-state index is 4.55. The van der Waals surface area contributed by atoms with Gasteiger partial charge < -0.3 is 0 Å². The number of fused-ring (bicyclic) bond motifs is 2. The van der Waals surface area contributed by atoms with Crippen LogP contribution in [-0.2, 0) is 6.42 Å². The highest BCUT2D eigenvalue weighted by Crippen LogP contribution is 2.18. The first-order chi connectivity index (χ1) is 11.6. The van der Waals surface area contributed by atoms with Crippen LogP contribution >= 0.6 is 0 Å². The molecule has 0 aliphatic carbocycles. The first kappa shape index (κ1) is 14.7. The number of aromatic nitrogens is 8. The summed E-state index contributed by atoms with van der Waals surface area (Å²) < 4.78 is 3.30. The first-order valence-corrected chi connectivity index (χ1v) is 7.98. The average Bonchev–Trinajstić information content (AvgIpc) is 3.18. The zero-order chi connectivity index (χ0) is 16.7. The Morgan fingerprint density at radius 3 is 2.79 bits per heavy atom. The Bertz CT molecular complexity index is 1000. The van der Waals surface area contributed by atoms with Gasteiger partial charge in [0.25, 0.3) is 5.78 Å². The summed E-state index contributed by atoms with van der Waals surface area (Å²) in [6.45, 7) is 6.37. The molecule has 122 valence electrons. The summed E-state index contributed by atoms with van der Waals surface area (Å²) in [5, 5.41) is 13.1. The quantitative estimate of drug-likeness (QED) is 0.571. The Balaban J connectivity index is 1.60. The maximum Gasteiger partial charge on any atom is 0.252 e. The minimum absolute atomic E-state index is 0.167. The Morgan fingerprint density at radius 1 is 1.08 bits per heavy atom. The second kappa shape index (κ2) is 5.63. The Morgan fingerprint density at radius 2 is 1.96 bits per heavy atom. The molecule has 4 aromatic heterocycles. The molecule has 0 saturated heterocycles. The number of hydrogen-bond donors (Lipinski definition) is 0. The average molecular weight is 322 g/mol. The van der Waals surface area contributed by atoms with E-state index in [1.807, 2.05) is 24.5 Å². The number of rotatable bonds is 4. The van der Waals surface area contributed by atoms with Gasteiger partial charge in [-0.2, -0.15) is 10.1 Å². The Labute approximate surface area is 138 Å². The van der Waals surface area contributed by atoms with Gasteiger partial charge in [-0.1, -0.05) is 20.8 Å². The van der Waals surface area contributed by atoms with Crippen LogP contribution < -0.4 is 0 Å². The molecule has 8 nitrogen and oxygen atoms in total. The van der Waals surface area contributed by atoms with Crippen molar-refractivity contribution in [3.8, 4) is 0 Å². The SMILES string of the molecule is CC(C)c1cnc2nc(CC(C)c3ccc4ncnn4n3)nn2c1. The highest BCUT2D eigenvalue weighted by atomic mass is 15.4. The monoisotopic (exact) mass is 322 g/mol. The van der Waals surface area contributed by atoms with Gasteiger partial charge in [-0.05, 0) is 23.6 Å². The van der Waals surface area contributed by atoms with E-state index in [4.69, 9.17) is 0 Å². The van der Waals surface area contributed by atoms with Crippen molar-refractivity contribution in [1.82, 2.24) is 39.4 Å². The molecule has 0 aromatic carbocycles. The molecule has 0 saturated carbocycles. The van der Waals surface area contributed by atoms with E-state index in [2.05, 4.69) is 51.0 Å². The normalized spacial score (nSPS) is 13.2. The highest BCUT2D eigenvalue weighted by molar-refractivity contribution is 5.35. The fourth-order valence-electron chi connectivity index (χ4n) is 2.60. The highest BCUT2D eigenvalue weighted by Gasteiger charge is 2.14. The van der Waals surface area contributed by atoms with Crippen LogP contribution in [0.25, 0.3) is 11.4 Å². The van der Waals surface area contributed by atoms with Gasteiger partial charge in [-0.25, -0.2) is 14.5 Å². The molecule has 0 spiro atoms. The third-order valence-corrected chi connectivity index (χ3v) is 4.09. The summed E-state index contributed by atoms with van der Waals surface area (Å²) in [6.07, 6.45) is 6.04. The van der Waals surface area contributed by atoms with Crippen molar-refractivity contribution in [2.24, 2.45) is 0 Å². The summed E-state index contributed by atoms with van der Waals surface area (Å²) in [6, 6.07) is 3.89. The van der Waals surface area contributed by atoms with Crippen molar-refractivity contribution in [3.63, 3.8) is 0 Å². The fourth-order valence-corrected chi connectivity index (χ4v) is 2.60. The van der Waals surface area contributed by atoms with Gasteiger partial charge in [-0.3, -0.25) is 0 Å². The molecule has 0 bridgehead atoms. The molecule has 0 radical (unpaired) electrons. The standard InChI is InChI=1S/C16H18N8/c1-10(2)12-7-17-16-20-14(22-23(16)8-12)6-11(3)13-4-5-15-18-9-19-24(15)21-13/h4-5,7-11H,6H2,1-3H3. The minimum atomic E-state index is 0.167. The van der Waals surface area contributed by atoms with Crippen LogP contribution in [0.3, 0.4) is 0 Å². The minimum Gasteiger partial charge on any atom is -0.219 e. The van der Waals surface area contributed by atoms with Crippen LogP contribution in [0.5, 0.6) is 0 Å². The lowest BCUT2D eigenvalue weighted by atomic mass is 10.0. The summed E-state index contributed by atoms with van der Waals surface area (Å²) in [7, 11) is 0. The van der Waals surface area contributed by atoms with Crippen LogP contribution in [0.2, 0.25) is 0 Å². The van der Waals surface area contributed by atoms with Gasteiger partial charge in [0.1, 0.15) is 6.33 Å². The summed E-state index contributed by atoms with van der Waals surface area (Å²) in [5.41, 5.74) is 2.82. The maximum absolute atomic E-state index is 4.55. The predicted molar refractivity (Wildman–Crippen MR) is 87.8 cm³/mol. The topological polar surface area (TPSA) is 86.2 Å². The van der Waals surface area contributed by atoms with Gasteiger partial charge in [-0.15, -0.1) is 14.8 Å². The summed E-state index contributed by atoms with van der Waals surface area (Å²) in [4.78, 5) is 13.0. The molecule has 1 unspecified atom stereocenters. The molecule has 24 heavy (non-hydrogen) atoms. The smallest absolute Gasteiger partial charge is 0.219 e. The molecular formula is C16H18N8. The molecule has 1 atom stereocenters. The number of hydrogen-bond acceptors (Lipinski definition) is 6. The van der Waals surface area contributed by atoms with Gasteiger partial charge >= 0.3 is 0 Å². The molecule has 0 aliphatic rings. The van der Waals surface area contributed by atoms with E-state index in [0.29, 0.717) is 18.1 Å². The molecular weight excluding hydrogens is 304 g/mol. The largest absolute Gasteiger partial charge is 0.252 e. The zero-order valence-corrected chi connectivity index (χ0v) is 13.8. The fraction of sp³-hybridized carbons (Fsp3) is 0.375. The van der Waals surface area contributed by atoms with Crippen molar-refractivity contribution in [3.05, 3.63) is 47.9 Å². The van der Waals surface area contributed by atoms with Crippen molar-refractivity contribution in [1.29, 1.82) is 0 Å². The van der Waals surface area contributed by atoms with Gasteiger partial charge in [0.2, 0.25) is 0 Å². The second-order valence-electron chi connectivity index (χ2n) is 6.29. The molecule has 0 amide bonds. The lowest BCUT2D eigenvalue weighted by Crippen LogP contribution is -2.06. The summed E-state index contributed by atoms with van der Waals surface area (Å²) >= 11 is 0. The Kier molecular flexibility index (Phi) is 3.44. The number of nitrogens with zero attached hydrogens (tertiary/aromatic N) is 8. The molecule has 4 rings (SSSR count). The molecule has 4 aromatic rings. The molecule has 0 N–H and O–H groups in total. The van der Waals surface area contributed by atoms with Crippen molar-refractivity contribution in [2.75, 3.05) is 0 Å². The molecule has 0 fully saturated rings. The lowest BCUT2D eigenvalue weighted by Gasteiger charge is -2.07. The zero-order valence-electron chi connectivity index (χ0n) is 13.8.